The largest absolute Gasteiger partial charge is 0.478 e. The molecule has 3 rings (SSSR count). The van der Waals surface area contributed by atoms with Gasteiger partial charge in [-0.05, 0) is 19.3 Å². The average Bonchev–Trinajstić information content (AvgIpc) is 2.87. The number of nitrogens with one attached hydrogen (secondary N) is 1. The van der Waals surface area contributed by atoms with E-state index >= 15 is 0 Å². The van der Waals surface area contributed by atoms with Crippen molar-refractivity contribution in [1.29, 1.82) is 0 Å². The Hall–Kier alpha value is -1.56. The molecule has 116 valence electrons. The summed E-state index contributed by atoms with van der Waals surface area (Å²) in [5, 5.41) is 7.50. The minimum absolute atomic E-state index is 0.137. The number of hydrogen-bond donors (Lipinski definition) is 1. The molecule has 6 heteroatoms. The van der Waals surface area contributed by atoms with Crippen LogP contribution in [0.3, 0.4) is 0 Å². The Labute approximate surface area is 124 Å². The summed E-state index contributed by atoms with van der Waals surface area (Å²) in [5.41, 5.74) is 0.646. The van der Waals surface area contributed by atoms with E-state index in [0.717, 1.165) is 56.8 Å². The van der Waals surface area contributed by atoms with Crippen LogP contribution in [0.25, 0.3) is 0 Å². The van der Waals surface area contributed by atoms with Crippen molar-refractivity contribution in [1.82, 2.24) is 15.1 Å². The van der Waals surface area contributed by atoms with Gasteiger partial charge in [-0.15, -0.1) is 0 Å². The highest BCUT2D eigenvalue weighted by molar-refractivity contribution is 5.83. The molecule has 0 spiro atoms. The highest BCUT2D eigenvalue weighted by atomic mass is 16.5. The summed E-state index contributed by atoms with van der Waals surface area (Å²) in [4.78, 5) is 12.4. The fraction of sp³-hybridized carbons (Fsp3) is 0.733. The molecule has 1 aliphatic heterocycles. The molecule has 1 aromatic heterocycles. The lowest BCUT2D eigenvalue weighted by Crippen LogP contribution is -2.46. The summed E-state index contributed by atoms with van der Waals surface area (Å²) >= 11 is 0. The minimum Gasteiger partial charge on any atom is -0.478 e. The van der Waals surface area contributed by atoms with Crippen LogP contribution in [-0.2, 0) is 22.6 Å². The van der Waals surface area contributed by atoms with Gasteiger partial charge in [0.05, 0.1) is 24.3 Å². The van der Waals surface area contributed by atoms with Gasteiger partial charge in [0, 0.05) is 32.7 Å². The Balaban J connectivity index is 1.56. The van der Waals surface area contributed by atoms with Gasteiger partial charge in [-0.1, -0.05) is 6.42 Å². The molecule has 1 N–H and O–H groups in total. The molecule has 0 saturated heterocycles. The molecule has 0 unspecified atom stereocenters. The molecule has 6 nitrogen and oxygen atoms in total. The molecule has 1 fully saturated rings. The molecule has 1 saturated carbocycles. The molecular weight excluding hydrogens is 270 g/mol. The van der Waals surface area contributed by atoms with Crippen LogP contribution >= 0.6 is 0 Å². The van der Waals surface area contributed by atoms with E-state index in [1.807, 2.05) is 10.7 Å². The molecule has 2 heterocycles. The van der Waals surface area contributed by atoms with Crippen LogP contribution in [0.1, 0.15) is 37.8 Å². The van der Waals surface area contributed by atoms with Gasteiger partial charge in [-0.2, -0.15) is 5.10 Å². The quantitative estimate of drug-likeness (QED) is 0.863. The average molecular weight is 293 g/mol. The Morgan fingerprint density at radius 3 is 3.05 bits per heavy atom. The van der Waals surface area contributed by atoms with Crippen LogP contribution in [0.4, 0.5) is 0 Å². The van der Waals surface area contributed by atoms with E-state index in [2.05, 4.69) is 10.4 Å². The van der Waals surface area contributed by atoms with Crippen LogP contribution in [0, 0.1) is 5.41 Å². The van der Waals surface area contributed by atoms with Gasteiger partial charge in [-0.25, -0.2) is 4.68 Å². The molecule has 21 heavy (non-hydrogen) atoms. The third-order valence-corrected chi connectivity index (χ3v) is 4.56. The SMILES string of the molecule is COCCC1(C(=O)NCc2cc3n(n2)CCCO3)CCC1. The van der Waals surface area contributed by atoms with Crippen molar-refractivity contribution in [2.24, 2.45) is 5.41 Å². The first-order valence-corrected chi connectivity index (χ1v) is 7.70. The van der Waals surface area contributed by atoms with Crippen molar-refractivity contribution in [3.8, 4) is 5.88 Å². The molecule has 0 radical (unpaired) electrons. The van der Waals surface area contributed by atoms with E-state index in [1.54, 1.807) is 7.11 Å². The maximum Gasteiger partial charge on any atom is 0.226 e. The second-order valence-corrected chi connectivity index (χ2v) is 5.96. The number of amides is 1. The van der Waals surface area contributed by atoms with Gasteiger partial charge >= 0.3 is 0 Å². The standard InChI is InChI=1S/C15H23N3O3/c1-20-9-6-15(4-2-5-15)14(19)16-11-12-10-13-18(17-12)7-3-8-21-13/h10H,2-9,11H2,1H3,(H,16,19). The molecule has 2 aliphatic rings. The Morgan fingerprint density at radius 2 is 2.38 bits per heavy atom. The zero-order chi connectivity index (χ0) is 14.7. The Morgan fingerprint density at radius 1 is 1.52 bits per heavy atom. The number of rotatable bonds is 6. The van der Waals surface area contributed by atoms with Crippen molar-refractivity contribution in [2.45, 2.75) is 45.2 Å². The number of fused-ring (bicyclic) bond motifs is 1. The van der Waals surface area contributed by atoms with Crippen LogP contribution in [0.2, 0.25) is 0 Å². The first kappa shape index (κ1) is 14.4. The third-order valence-electron chi connectivity index (χ3n) is 4.56. The number of aromatic nitrogens is 2. The van der Waals surface area contributed by atoms with Crippen LogP contribution < -0.4 is 10.1 Å². The van der Waals surface area contributed by atoms with Crippen molar-refractivity contribution >= 4 is 5.91 Å². The molecule has 0 bridgehead atoms. The maximum atomic E-state index is 12.4. The second-order valence-electron chi connectivity index (χ2n) is 5.96. The van der Waals surface area contributed by atoms with Crippen molar-refractivity contribution in [3.63, 3.8) is 0 Å². The van der Waals surface area contributed by atoms with Crippen molar-refractivity contribution < 1.29 is 14.3 Å². The summed E-state index contributed by atoms with van der Waals surface area (Å²) in [7, 11) is 1.68. The third kappa shape index (κ3) is 2.90. The predicted octanol–water partition coefficient (Wildman–Crippen LogP) is 1.49. The van der Waals surface area contributed by atoms with Crippen molar-refractivity contribution in [2.75, 3.05) is 20.3 Å². The van der Waals surface area contributed by atoms with Crippen LogP contribution in [-0.4, -0.2) is 36.0 Å². The highest BCUT2D eigenvalue weighted by Crippen LogP contribution is 2.44. The van der Waals surface area contributed by atoms with E-state index in [4.69, 9.17) is 9.47 Å². The summed E-state index contributed by atoms with van der Waals surface area (Å²) in [6.45, 7) is 2.75. The van der Waals surface area contributed by atoms with Crippen LogP contribution in [0.15, 0.2) is 6.07 Å². The van der Waals surface area contributed by atoms with Crippen LogP contribution in [0.5, 0.6) is 5.88 Å². The zero-order valence-corrected chi connectivity index (χ0v) is 12.6. The van der Waals surface area contributed by atoms with Gasteiger partial charge in [-0.3, -0.25) is 4.79 Å². The predicted molar refractivity (Wildman–Crippen MR) is 77.0 cm³/mol. The Bertz CT molecular complexity index is 485. The number of ether oxygens (including phenoxy) is 2. The monoisotopic (exact) mass is 293 g/mol. The number of carbonyl (C=O) groups is 1. The summed E-state index contributed by atoms with van der Waals surface area (Å²) < 4.78 is 12.5. The van der Waals surface area contributed by atoms with Crippen molar-refractivity contribution in [3.05, 3.63) is 11.8 Å². The maximum absolute atomic E-state index is 12.4. The smallest absolute Gasteiger partial charge is 0.226 e. The number of nitrogens with zero attached hydrogens (tertiary/aromatic N) is 2. The van der Waals surface area contributed by atoms with Gasteiger partial charge < -0.3 is 14.8 Å². The van der Waals surface area contributed by atoms with Gasteiger partial charge in [0.1, 0.15) is 0 Å². The molecular formula is C15H23N3O3. The molecule has 0 atom stereocenters. The zero-order valence-electron chi connectivity index (χ0n) is 12.6. The first-order valence-electron chi connectivity index (χ1n) is 7.70. The van der Waals surface area contributed by atoms with Gasteiger partial charge in [0.2, 0.25) is 11.8 Å². The molecule has 1 aromatic rings. The molecule has 1 aliphatic carbocycles. The molecule has 0 aromatic carbocycles. The summed E-state index contributed by atoms with van der Waals surface area (Å²) in [6, 6.07) is 1.92. The summed E-state index contributed by atoms with van der Waals surface area (Å²) in [6.07, 6.45) is 4.85. The molecule has 1 amide bonds. The fourth-order valence-electron chi connectivity index (χ4n) is 3.05. The van der Waals surface area contributed by atoms with E-state index in [1.165, 1.54) is 0 Å². The minimum atomic E-state index is -0.216. The van der Waals surface area contributed by atoms with Gasteiger partial charge in [0.25, 0.3) is 0 Å². The number of carbonyl (C=O) groups excluding carboxylic acids is 1. The normalized spacial score (nSPS) is 19.3. The van der Waals surface area contributed by atoms with E-state index < -0.39 is 0 Å². The Kier molecular flexibility index (Phi) is 4.14. The number of aryl methyl sites for hydroxylation is 1. The van der Waals surface area contributed by atoms with E-state index in [-0.39, 0.29) is 11.3 Å². The number of hydrogen-bond acceptors (Lipinski definition) is 4. The second kappa shape index (κ2) is 6.05. The van der Waals surface area contributed by atoms with E-state index in [0.29, 0.717) is 13.2 Å². The highest BCUT2D eigenvalue weighted by Gasteiger charge is 2.43. The lowest BCUT2D eigenvalue weighted by Gasteiger charge is -2.40. The lowest BCUT2D eigenvalue weighted by molar-refractivity contribution is -0.137. The van der Waals surface area contributed by atoms with Gasteiger partial charge in [0.15, 0.2) is 0 Å². The summed E-state index contributed by atoms with van der Waals surface area (Å²) in [5.74, 6) is 0.945. The first-order chi connectivity index (χ1) is 10.2. The lowest BCUT2D eigenvalue weighted by atomic mass is 9.66. The fourth-order valence-corrected chi connectivity index (χ4v) is 3.05. The van der Waals surface area contributed by atoms with E-state index in [9.17, 15) is 4.79 Å². The number of methoxy groups -OCH3 is 1. The topological polar surface area (TPSA) is 65.4 Å².